The number of epoxide rings is 1. The zero-order valence-electron chi connectivity index (χ0n) is 21.7. The van der Waals surface area contributed by atoms with Gasteiger partial charge in [0.15, 0.2) is 5.78 Å². The van der Waals surface area contributed by atoms with Gasteiger partial charge in [-0.25, -0.2) is 4.79 Å². The van der Waals surface area contributed by atoms with Crippen LogP contribution in [0.15, 0.2) is 23.3 Å². The van der Waals surface area contributed by atoms with E-state index in [1.807, 2.05) is 6.92 Å². The molecule has 1 saturated heterocycles. The first-order valence-corrected chi connectivity index (χ1v) is 13.6. The summed E-state index contributed by atoms with van der Waals surface area (Å²) in [4.78, 5) is 26.0. The van der Waals surface area contributed by atoms with Gasteiger partial charge in [-0.2, -0.15) is 0 Å². The van der Waals surface area contributed by atoms with E-state index < -0.39 is 17.1 Å². The number of hydrogen-bond donors (Lipinski definition) is 1. The number of fused-ring (bicyclic) bond motifs is 4. The lowest BCUT2D eigenvalue weighted by atomic mass is 9.44. The molecule has 6 nitrogen and oxygen atoms in total. The lowest BCUT2D eigenvalue weighted by Gasteiger charge is -2.58. The summed E-state index contributed by atoms with van der Waals surface area (Å²) < 4.78 is 17.5. The molecule has 35 heavy (non-hydrogen) atoms. The summed E-state index contributed by atoms with van der Waals surface area (Å²) in [6.07, 6.45) is 8.51. The first-order valence-electron chi connectivity index (χ1n) is 13.6. The molecule has 0 bridgehead atoms. The average molecular weight is 485 g/mol. The van der Waals surface area contributed by atoms with Gasteiger partial charge in [0.1, 0.15) is 17.8 Å². The summed E-state index contributed by atoms with van der Waals surface area (Å²) in [5, 5.41) is 10.9. The highest BCUT2D eigenvalue weighted by atomic mass is 16.6. The molecule has 2 heterocycles. The van der Waals surface area contributed by atoms with Gasteiger partial charge in [-0.15, -0.1) is 0 Å². The Hall–Kier alpha value is -1.50. The Morgan fingerprint density at radius 1 is 1.20 bits per heavy atom. The SMILES string of the molecule is COCC1=C(C)CC([C@@H](C)C2CCC3C4C[C@H]5O[C@]56[C@H](O)C=CC(=O)[C@]6(C)C4CC[C@@]32C)OC1=O. The Morgan fingerprint density at radius 3 is 2.69 bits per heavy atom. The number of allylic oxidation sites excluding steroid dienone is 1. The van der Waals surface area contributed by atoms with Gasteiger partial charge in [0.2, 0.25) is 0 Å². The number of rotatable bonds is 4. The molecule has 0 radical (unpaired) electrons. The number of aliphatic hydroxyl groups is 1. The van der Waals surface area contributed by atoms with Gasteiger partial charge in [0, 0.05) is 13.5 Å². The lowest BCUT2D eigenvalue weighted by Crippen LogP contribution is -2.63. The van der Waals surface area contributed by atoms with Crippen molar-refractivity contribution in [3.8, 4) is 0 Å². The number of esters is 1. The van der Waals surface area contributed by atoms with Crippen LogP contribution in [0.2, 0.25) is 0 Å². The lowest BCUT2D eigenvalue weighted by molar-refractivity contribution is -0.155. The first kappa shape index (κ1) is 23.9. The predicted octanol–water partition coefficient (Wildman–Crippen LogP) is 4.01. The van der Waals surface area contributed by atoms with Crippen LogP contribution in [0.4, 0.5) is 0 Å². The van der Waals surface area contributed by atoms with E-state index in [0.29, 0.717) is 29.9 Å². The summed E-state index contributed by atoms with van der Waals surface area (Å²) in [6.45, 7) is 9.16. The van der Waals surface area contributed by atoms with Crippen molar-refractivity contribution in [3.05, 3.63) is 23.3 Å². The van der Waals surface area contributed by atoms with Crippen molar-refractivity contribution in [1.82, 2.24) is 0 Å². The number of aliphatic hydroxyl groups excluding tert-OH is 1. The minimum atomic E-state index is -0.709. The van der Waals surface area contributed by atoms with Crippen molar-refractivity contribution < 1.29 is 28.9 Å². The molecule has 4 aliphatic carbocycles. The van der Waals surface area contributed by atoms with Gasteiger partial charge in [0.25, 0.3) is 0 Å². The number of hydrogen-bond acceptors (Lipinski definition) is 6. The molecule has 5 unspecified atom stereocenters. The van der Waals surface area contributed by atoms with Crippen molar-refractivity contribution in [2.75, 3.05) is 13.7 Å². The fraction of sp³-hybridized carbons (Fsp3) is 0.793. The topological polar surface area (TPSA) is 85.4 Å². The highest BCUT2D eigenvalue weighted by Crippen LogP contribution is 2.73. The van der Waals surface area contributed by atoms with Crippen LogP contribution in [0.3, 0.4) is 0 Å². The highest BCUT2D eigenvalue weighted by molar-refractivity contribution is 5.98. The van der Waals surface area contributed by atoms with Crippen LogP contribution in [0.5, 0.6) is 0 Å². The molecule has 0 amide bonds. The fourth-order valence-electron chi connectivity index (χ4n) is 9.82. The maximum Gasteiger partial charge on any atom is 0.336 e. The number of ketones is 1. The minimum Gasteiger partial charge on any atom is -0.458 e. The molecule has 6 heteroatoms. The molecule has 6 aliphatic rings. The van der Waals surface area contributed by atoms with Gasteiger partial charge >= 0.3 is 5.97 Å². The maximum atomic E-state index is 13.3. The van der Waals surface area contributed by atoms with E-state index in [1.165, 1.54) is 0 Å². The van der Waals surface area contributed by atoms with E-state index in [2.05, 4.69) is 20.8 Å². The second-order valence-corrected chi connectivity index (χ2v) is 12.8. The molecule has 192 valence electrons. The molecule has 1 spiro atoms. The van der Waals surface area contributed by atoms with E-state index in [0.717, 1.165) is 44.1 Å². The summed E-state index contributed by atoms with van der Waals surface area (Å²) >= 11 is 0. The monoisotopic (exact) mass is 484 g/mol. The predicted molar refractivity (Wildman–Crippen MR) is 129 cm³/mol. The Kier molecular flexibility index (Phi) is 5.29. The molecular weight excluding hydrogens is 444 g/mol. The van der Waals surface area contributed by atoms with Crippen LogP contribution >= 0.6 is 0 Å². The first-order chi connectivity index (χ1) is 16.6. The van der Waals surface area contributed by atoms with Crippen LogP contribution in [0.1, 0.15) is 66.2 Å². The van der Waals surface area contributed by atoms with Crippen LogP contribution < -0.4 is 0 Å². The molecule has 2 aliphatic heterocycles. The van der Waals surface area contributed by atoms with E-state index in [1.54, 1.807) is 19.3 Å². The third kappa shape index (κ3) is 2.93. The van der Waals surface area contributed by atoms with E-state index in [-0.39, 0.29) is 41.2 Å². The minimum absolute atomic E-state index is 0.0252. The summed E-state index contributed by atoms with van der Waals surface area (Å²) in [7, 11) is 1.61. The van der Waals surface area contributed by atoms with E-state index in [9.17, 15) is 14.7 Å². The van der Waals surface area contributed by atoms with Crippen molar-refractivity contribution >= 4 is 11.8 Å². The third-order valence-corrected chi connectivity index (χ3v) is 11.7. The zero-order chi connectivity index (χ0) is 24.9. The quantitative estimate of drug-likeness (QED) is 0.479. The summed E-state index contributed by atoms with van der Waals surface area (Å²) in [6, 6.07) is 0. The molecule has 6 rings (SSSR count). The van der Waals surface area contributed by atoms with Crippen molar-refractivity contribution in [2.24, 2.45) is 40.4 Å². The zero-order valence-corrected chi connectivity index (χ0v) is 21.7. The van der Waals surface area contributed by atoms with Gasteiger partial charge in [-0.3, -0.25) is 4.79 Å². The van der Waals surface area contributed by atoms with E-state index in [4.69, 9.17) is 14.2 Å². The van der Waals surface area contributed by atoms with Crippen molar-refractivity contribution in [1.29, 1.82) is 0 Å². The van der Waals surface area contributed by atoms with Gasteiger partial charge in [-0.1, -0.05) is 19.4 Å². The molecule has 4 fully saturated rings. The molecule has 1 N–H and O–H groups in total. The Morgan fingerprint density at radius 2 is 1.97 bits per heavy atom. The largest absolute Gasteiger partial charge is 0.458 e. The molecule has 3 saturated carbocycles. The summed E-state index contributed by atoms with van der Waals surface area (Å²) in [5.41, 5.74) is 0.573. The number of ether oxygens (including phenoxy) is 3. The number of methoxy groups -OCH3 is 1. The highest BCUT2D eigenvalue weighted by Gasteiger charge is 2.80. The van der Waals surface area contributed by atoms with Gasteiger partial charge < -0.3 is 19.3 Å². The van der Waals surface area contributed by atoms with Crippen LogP contribution in [-0.2, 0) is 23.8 Å². The van der Waals surface area contributed by atoms with Crippen LogP contribution in [-0.4, -0.2) is 54.5 Å². The van der Waals surface area contributed by atoms with Gasteiger partial charge in [-0.05, 0) is 93.1 Å². The van der Waals surface area contributed by atoms with Crippen LogP contribution in [0, 0.1) is 40.4 Å². The average Bonchev–Trinajstić information content (AvgIpc) is 3.45. The maximum absolute atomic E-state index is 13.3. The van der Waals surface area contributed by atoms with E-state index >= 15 is 0 Å². The third-order valence-electron chi connectivity index (χ3n) is 11.7. The second-order valence-electron chi connectivity index (χ2n) is 12.8. The summed E-state index contributed by atoms with van der Waals surface area (Å²) in [5.74, 6) is 1.88. The van der Waals surface area contributed by atoms with Crippen molar-refractivity contribution in [3.63, 3.8) is 0 Å². The molecule has 0 aromatic carbocycles. The normalized spacial score (nSPS) is 51.2. The molecular formula is C29H40O6. The Bertz CT molecular complexity index is 1010. The molecule has 0 aromatic heterocycles. The number of carbonyl (C=O) groups excluding carboxylic acids is 2. The number of cyclic esters (lactones) is 1. The second kappa shape index (κ2) is 7.75. The van der Waals surface area contributed by atoms with Crippen LogP contribution in [0.25, 0.3) is 0 Å². The van der Waals surface area contributed by atoms with Crippen molar-refractivity contribution in [2.45, 2.75) is 90.1 Å². The van der Waals surface area contributed by atoms with Gasteiger partial charge in [0.05, 0.1) is 23.7 Å². The fourth-order valence-corrected chi connectivity index (χ4v) is 9.82. The Labute approximate surface area is 208 Å². The standard InChI is InChI=1S/C29H40O6/c1-15-12-22(34-26(32)18(15)14-33-5)16(2)19-6-7-20-17-13-25-29(35-25)24(31)9-8-23(30)28(29,4)21(17)10-11-27(19,20)3/h8-9,16-17,19-22,24-25,31H,6-7,10-14H2,1-5H3/t16-,17?,19?,20?,21?,22?,24+,25+,27+,28-,29+/m0/s1. The molecule has 11 atom stereocenters. The number of carbonyl (C=O) groups is 2. The Balaban J connectivity index is 1.25. The smallest absolute Gasteiger partial charge is 0.336 e. The molecule has 0 aromatic rings.